The Balaban J connectivity index is 1.34. The molecule has 0 bridgehead atoms. The zero-order chi connectivity index (χ0) is 23.4. The van der Waals surface area contributed by atoms with Crippen molar-refractivity contribution in [2.45, 2.75) is 56.3 Å². The van der Waals surface area contributed by atoms with Gasteiger partial charge in [0.1, 0.15) is 0 Å². The molecule has 1 unspecified atom stereocenters. The van der Waals surface area contributed by atoms with Crippen molar-refractivity contribution in [3.63, 3.8) is 0 Å². The predicted molar refractivity (Wildman–Crippen MR) is 130 cm³/mol. The van der Waals surface area contributed by atoms with E-state index in [0.717, 1.165) is 36.8 Å². The van der Waals surface area contributed by atoms with E-state index >= 15 is 0 Å². The largest absolute Gasteiger partial charge is 0.512 e. The van der Waals surface area contributed by atoms with Crippen molar-refractivity contribution in [2.24, 2.45) is 11.8 Å². The summed E-state index contributed by atoms with van der Waals surface area (Å²) in [6, 6.07) is 14.0. The topological polar surface area (TPSA) is 83.5 Å². The van der Waals surface area contributed by atoms with Gasteiger partial charge in [-0.3, -0.25) is 4.79 Å². The van der Waals surface area contributed by atoms with E-state index in [1.165, 1.54) is 18.6 Å². The molecule has 5 nitrogen and oxygen atoms in total. The Morgan fingerprint density at radius 2 is 1.70 bits per heavy atom. The molecule has 0 amide bonds. The van der Waals surface area contributed by atoms with Crippen LogP contribution in [0.3, 0.4) is 0 Å². The lowest BCUT2D eigenvalue weighted by molar-refractivity contribution is -0.118. The van der Waals surface area contributed by atoms with Crippen LogP contribution in [-0.4, -0.2) is 25.9 Å². The Morgan fingerprint density at radius 1 is 1.00 bits per heavy atom. The molecule has 1 atom stereocenters. The van der Waals surface area contributed by atoms with Crippen LogP contribution in [0.4, 0.5) is 0 Å². The van der Waals surface area contributed by atoms with Gasteiger partial charge in [-0.25, -0.2) is 13.1 Å². The van der Waals surface area contributed by atoms with Crippen LogP contribution in [0.2, 0.25) is 5.02 Å². The lowest BCUT2D eigenvalue weighted by atomic mass is 9.81. The molecule has 2 aromatic carbocycles. The highest BCUT2D eigenvalue weighted by Gasteiger charge is 2.37. The number of sulfonamides is 1. The number of Topliss-reactive ketones (excluding diaryl/α,β-unsaturated/α-hetero) is 1. The van der Waals surface area contributed by atoms with Gasteiger partial charge in [-0.15, -0.1) is 0 Å². The summed E-state index contributed by atoms with van der Waals surface area (Å²) in [5.74, 6) is 0.419. The summed E-state index contributed by atoms with van der Waals surface area (Å²) in [6.07, 6.45) is 7.02. The third kappa shape index (κ3) is 5.86. The van der Waals surface area contributed by atoms with Crippen molar-refractivity contribution in [2.75, 3.05) is 6.54 Å². The van der Waals surface area contributed by atoms with Crippen LogP contribution in [-0.2, 0) is 27.7 Å². The molecule has 4 rings (SSSR count). The summed E-state index contributed by atoms with van der Waals surface area (Å²) in [5.41, 5.74) is 2.72. The summed E-state index contributed by atoms with van der Waals surface area (Å²) in [4.78, 5) is 13.2. The lowest BCUT2D eigenvalue weighted by Crippen LogP contribution is -2.26. The van der Waals surface area contributed by atoms with Crippen molar-refractivity contribution >= 4 is 27.4 Å². The molecule has 1 saturated carbocycles. The highest BCUT2D eigenvalue weighted by molar-refractivity contribution is 7.89. The van der Waals surface area contributed by atoms with Crippen molar-refractivity contribution in [3.8, 4) is 0 Å². The molecular formula is C26H30ClNO4S. The number of aliphatic hydroxyl groups excluding tert-OH is 1. The average molecular weight is 488 g/mol. The second-order valence-electron chi connectivity index (χ2n) is 9.09. The van der Waals surface area contributed by atoms with Crippen LogP contribution in [0.15, 0.2) is 64.8 Å². The van der Waals surface area contributed by atoms with Gasteiger partial charge < -0.3 is 5.11 Å². The molecule has 0 spiro atoms. The number of halogens is 1. The molecule has 2 N–H and O–H groups in total. The molecule has 2 aliphatic carbocycles. The number of ketones is 1. The standard InChI is InChI=1S/C26H30ClNO4S/c27-22-9-11-23(12-10-22)33(31,32)28-14-13-18-5-4-6-19(15-18)16-21-17-24(29)25(26(21)30)20-7-2-1-3-8-20/h4-6,9-12,15,20-21,28-29H,1-3,7-8,13-14,16-17H2. The summed E-state index contributed by atoms with van der Waals surface area (Å²) in [6.45, 7) is 0.269. The SMILES string of the molecule is O=C1C(C2CCCCC2)=C(O)CC1Cc1cccc(CCNS(=O)(=O)c2ccc(Cl)cc2)c1. The van der Waals surface area contributed by atoms with Gasteiger partial charge in [0.25, 0.3) is 0 Å². The van der Waals surface area contributed by atoms with Crippen molar-refractivity contribution in [1.29, 1.82) is 0 Å². The number of allylic oxidation sites excluding steroid dienone is 2. The maximum absolute atomic E-state index is 13.0. The first-order valence-electron chi connectivity index (χ1n) is 11.6. The molecule has 2 aliphatic rings. The van der Waals surface area contributed by atoms with Gasteiger partial charge in [0.15, 0.2) is 5.78 Å². The van der Waals surface area contributed by atoms with E-state index in [2.05, 4.69) is 4.72 Å². The van der Waals surface area contributed by atoms with Gasteiger partial charge in [0, 0.05) is 29.5 Å². The highest BCUT2D eigenvalue weighted by Crippen LogP contribution is 2.39. The first kappa shape index (κ1) is 24.0. The minimum atomic E-state index is -3.59. The fourth-order valence-electron chi connectivity index (χ4n) is 5.01. The lowest BCUT2D eigenvalue weighted by Gasteiger charge is -2.22. The molecule has 0 saturated heterocycles. The van der Waals surface area contributed by atoms with Crippen molar-refractivity contribution in [3.05, 3.63) is 76.0 Å². The van der Waals surface area contributed by atoms with Gasteiger partial charge in [-0.05, 0) is 67.0 Å². The van der Waals surface area contributed by atoms with Gasteiger partial charge >= 0.3 is 0 Å². The zero-order valence-electron chi connectivity index (χ0n) is 18.6. The van der Waals surface area contributed by atoms with E-state index < -0.39 is 10.0 Å². The number of hydrogen-bond acceptors (Lipinski definition) is 4. The normalized spacial score (nSPS) is 19.9. The molecule has 0 aliphatic heterocycles. The molecule has 2 aromatic rings. The quantitative estimate of drug-likeness (QED) is 0.523. The van der Waals surface area contributed by atoms with E-state index in [9.17, 15) is 18.3 Å². The predicted octanol–water partition coefficient (Wildman–Crippen LogP) is 5.38. The van der Waals surface area contributed by atoms with E-state index in [1.54, 1.807) is 12.1 Å². The van der Waals surface area contributed by atoms with E-state index in [-0.39, 0.29) is 29.1 Å². The number of benzene rings is 2. The molecule has 33 heavy (non-hydrogen) atoms. The first-order chi connectivity index (χ1) is 15.8. The fourth-order valence-corrected chi connectivity index (χ4v) is 6.17. The minimum absolute atomic E-state index is 0.112. The van der Waals surface area contributed by atoms with Crippen LogP contribution in [0.1, 0.15) is 49.7 Å². The number of aliphatic hydroxyl groups is 1. The summed E-state index contributed by atoms with van der Waals surface area (Å²) < 4.78 is 27.5. The Morgan fingerprint density at radius 3 is 2.42 bits per heavy atom. The van der Waals surface area contributed by atoms with Crippen LogP contribution in [0, 0.1) is 11.8 Å². The number of carbonyl (C=O) groups is 1. The average Bonchev–Trinajstić information content (AvgIpc) is 3.07. The third-order valence-electron chi connectivity index (χ3n) is 6.70. The first-order valence-corrected chi connectivity index (χ1v) is 13.5. The summed E-state index contributed by atoms with van der Waals surface area (Å²) >= 11 is 5.83. The third-order valence-corrected chi connectivity index (χ3v) is 8.43. The number of rotatable bonds is 8. The smallest absolute Gasteiger partial charge is 0.240 e. The maximum atomic E-state index is 13.0. The number of nitrogens with one attached hydrogen (secondary N) is 1. The van der Waals surface area contributed by atoms with E-state index in [4.69, 9.17) is 11.6 Å². The molecule has 0 heterocycles. The van der Waals surface area contributed by atoms with Gasteiger partial charge in [0.2, 0.25) is 10.0 Å². The van der Waals surface area contributed by atoms with Crippen molar-refractivity contribution in [1.82, 2.24) is 4.72 Å². The van der Waals surface area contributed by atoms with Gasteiger partial charge in [-0.1, -0.05) is 55.1 Å². The Kier molecular flexibility index (Phi) is 7.57. The van der Waals surface area contributed by atoms with Gasteiger partial charge in [-0.2, -0.15) is 0 Å². The Hall–Kier alpha value is -2.15. The van der Waals surface area contributed by atoms with Crippen LogP contribution in [0.25, 0.3) is 0 Å². The van der Waals surface area contributed by atoms with Crippen LogP contribution < -0.4 is 4.72 Å². The number of carbonyl (C=O) groups excluding carboxylic acids is 1. The second-order valence-corrected chi connectivity index (χ2v) is 11.3. The second kappa shape index (κ2) is 10.4. The van der Waals surface area contributed by atoms with Gasteiger partial charge in [0.05, 0.1) is 10.7 Å². The summed E-state index contributed by atoms with van der Waals surface area (Å²) in [7, 11) is -3.59. The number of hydrogen-bond donors (Lipinski definition) is 2. The molecule has 176 valence electrons. The Bertz CT molecular complexity index is 1140. The van der Waals surface area contributed by atoms with E-state index in [0.29, 0.717) is 35.6 Å². The van der Waals surface area contributed by atoms with E-state index in [1.807, 2.05) is 24.3 Å². The molecular weight excluding hydrogens is 458 g/mol. The molecule has 0 aromatic heterocycles. The maximum Gasteiger partial charge on any atom is 0.240 e. The zero-order valence-corrected chi connectivity index (χ0v) is 20.2. The Labute approximate surface area is 200 Å². The highest BCUT2D eigenvalue weighted by atomic mass is 35.5. The molecule has 1 fully saturated rings. The minimum Gasteiger partial charge on any atom is -0.512 e. The molecule has 0 radical (unpaired) electrons. The van der Waals surface area contributed by atoms with Crippen LogP contribution in [0.5, 0.6) is 0 Å². The van der Waals surface area contributed by atoms with Crippen LogP contribution >= 0.6 is 11.6 Å². The monoisotopic (exact) mass is 487 g/mol. The van der Waals surface area contributed by atoms with Crippen molar-refractivity contribution < 1.29 is 18.3 Å². The molecule has 7 heteroatoms. The fraction of sp³-hybridized carbons (Fsp3) is 0.423. The summed E-state index contributed by atoms with van der Waals surface area (Å²) in [5, 5.41) is 11.0.